The molecule has 0 bridgehead atoms. The monoisotopic (exact) mass is 230 g/mol. The van der Waals surface area contributed by atoms with Crippen LogP contribution in [-0.2, 0) is 4.74 Å². The lowest BCUT2D eigenvalue weighted by Crippen LogP contribution is -2.32. The Morgan fingerprint density at radius 2 is 2.25 bits per heavy atom. The molecule has 2 atom stereocenters. The van der Waals surface area contributed by atoms with Crippen molar-refractivity contribution in [1.82, 2.24) is 10.2 Å². The Hall–Kier alpha value is -1.18. The summed E-state index contributed by atoms with van der Waals surface area (Å²) >= 11 is 0. The van der Waals surface area contributed by atoms with Crippen LogP contribution in [0.15, 0.2) is 4.42 Å². The standard InChI is InChI=1S/C9H18N4O3/c1-6(10)8-11-12-9(16-8)13(2)4-7(14)5-15-3/h6-7,14H,4-5,10H2,1-3H3. The van der Waals surface area contributed by atoms with Crippen molar-refractivity contribution in [3.05, 3.63) is 5.89 Å². The number of anilines is 1. The maximum absolute atomic E-state index is 9.52. The van der Waals surface area contributed by atoms with E-state index in [0.717, 1.165) is 0 Å². The van der Waals surface area contributed by atoms with Crippen molar-refractivity contribution in [2.45, 2.75) is 19.1 Å². The van der Waals surface area contributed by atoms with Crippen LogP contribution >= 0.6 is 0 Å². The summed E-state index contributed by atoms with van der Waals surface area (Å²) in [6.07, 6.45) is -0.597. The van der Waals surface area contributed by atoms with Crippen LogP contribution < -0.4 is 10.6 Å². The van der Waals surface area contributed by atoms with Crippen molar-refractivity contribution in [1.29, 1.82) is 0 Å². The van der Waals surface area contributed by atoms with E-state index in [2.05, 4.69) is 10.2 Å². The molecule has 0 fully saturated rings. The molecule has 1 aromatic heterocycles. The molecule has 0 saturated carbocycles. The molecule has 1 heterocycles. The summed E-state index contributed by atoms with van der Waals surface area (Å²) < 4.78 is 10.1. The van der Waals surface area contributed by atoms with Crippen molar-refractivity contribution >= 4 is 6.01 Å². The van der Waals surface area contributed by atoms with Gasteiger partial charge in [0.25, 0.3) is 0 Å². The van der Waals surface area contributed by atoms with Crippen molar-refractivity contribution in [3.8, 4) is 0 Å². The van der Waals surface area contributed by atoms with E-state index >= 15 is 0 Å². The van der Waals surface area contributed by atoms with Gasteiger partial charge in [-0.1, -0.05) is 5.10 Å². The molecule has 0 aromatic carbocycles. The molecule has 92 valence electrons. The predicted molar refractivity (Wildman–Crippen MR) is 58.1 cm³/mol. The van der Waals surface area contributed by atoms with Crippen molar-refractivity contribution in [2.75, 3.05) is 32.2 Å². The van der Waals surface area contributed by atoms with Gasteiger partial charge in [-0.3, -0.25) is 0 Å². The molecule has 1 rings (SSSR count). The zero-order valence-electron chi connectivity index (χ0n) is 9.75. The highest BCUT2D eigenvalue weighted by Crippen LogP contribution is 2.14. The Labute approximate surface area is 94.2 Å². The summed E-state index contributed by atoms with van der Waals surface area (Å²) in [6.45, 7) is 2.38. The molecule has 0 aliphatic rings. The first-order valence-corrected chi connectivity index (χ1v) is 5.01. The number of hydrogen-bond acceptors (Lipinski definition) is 7. The summed E-state index contributed by atoms with van der Waals surface area (Å²) in [5, 5.41) is 17.1. The molecule has 0 amide bonds. The molecule has 0 aliphatic carbocycles. The van der Waals surface area contributed by atoms with Gasteiger partial charge in [0, 0.05) is 14.2 Å². The first kappa shape index (κ1) is 12.9. The third-order valence-corrected chi connectivity index (χ3v) is 1.99. The summed E-state index contributed by atoms with van der Waals surface area (Å²) in [4.78, 5) is 1.66. The van der Waals surface area contributed by atoms with Crippen LogP contribution in [-0.4, -0.2) is 48.7 Å². The number of nitrogens with two attached hydrogens (primary N) is 1. The average Bonchev–Trinajstić information content (AvgIpc) is 2.66. The predicted octanol–water partition coefficient (Wildman–Crippen LogP) is -0.467. The number of aliphatic hydroxyl groups is 1. The smallest absolute Gasteiger partial charge is 0.318 e. The molecule has 0 radical (unpaired) electrons. The lowest BCUT2D eigenvalue weighted by Gasteiger charge is -2.17. The second kappa shape index (κ2) is 5.78. The minimum absolute atomic E-state index is 0.263. The minimum atomic E-state index is -0.597. The summed E-state index contributed by atoms with van der Waals surface area (Å²) in [5.74, 6) is 0.378. The highest BCUT2D eigenvalue weighted by molar-refractivity contribution is 5.22. The van der Waals surface area contributed by atoms with E-state index in [1.165, 1.54) is 7.11 Å². The minimum Gasteiger partial charge on any atom is -0.406 e. The fraction of sp³-hybridized carbons (Fsp3) is 0.778. The van der Waals surface area contributed by atoms with Gasteiger partial charge in [0.2, 0.25) is 5.89 Å². The topological polar surface area (TPSA) is 97.6 Å². The molecule has 7 heteroatoms. The lowest BCUT2D eigenvalue weighted by molar-refractivity contribution is 0.0689. The lowest BCUT2D eigenvalue weighted by atomic mass is 10.3. The zero-order valence-corrected chi connectivity index (χ0v) is 9.75. The summed E-state index contributed by atoms with van der Waals surface area (Å²) in [7, 11) is 3.28. The van der Waals surface area contributed by atoms with Crippen molar-refractivity contribution in [3.63, 3.8) is 0 Å². The number of likely N-dealkylation sites (N-methyl/N-ethyl adjacent to an activating group) is 1. The number of nitrogens with zero attached hydrogens (tertiary/aromatic N) is 3. The van der Waals surface area contributed by atoms with E-state index in [4.69, 9.17) is 14.9 Å². The van der Waals surface area contributed by atoms with Crippen molar-refractivity contribution in [2.24, 2.45) is 5.73 Å². The highest BCUT2D eigenvalue weighted by Gasteiger charge is 2.15. The molecule has 0 aliphatic heterocycles. The Morgan fingerprint density at radius 1 is 1.56 bits per heavy atom. The number of aliphatic hydroxyl groups excluding tert-OH is 1. The van der Waals surface area contributed by atoms with Crippen LogP contribution in [0, 0.1) is 0 Å². The van der Waals surface area contributed by atoms with Gasteiger partial charge in [-0.2, -0.15) is 0 Å². The van der Waals surface area contributed by atoms with Crippen LogP contribution in [0.5, 0.6) is 0 Å². The van der Waals surface area contributed by atoms with Crippen LogP contribution in [0.4, 0.5) is 6.01 Å². The van der Waals surface area contributed by atoms with Gasteiger partial charge >= 0.3 is 6.01 Å². The highest BCUT2D eigenvalue weighted by atomic mass is 16.5. The molecule has 16 heavy (non-hydrogen) atoms. The first-order valence-electron chi connectivity index (χ1n) is 5.01. The number of rotatable bonds is 6. The van der Waals surface area contributed by atoms with E-state index in [-0.39, 0.29) is 12.6 Å². The Balaban J connectivity index is 2.55. The number of hydrogen-bond donors (Lipinski definition) is 2. The fourth-order valence-corrected chi connectivity index (χ4v) is 1.20. The zero-order chi connectivity index (χ0) is 12.1. The molecule has 2 unspecified atom stereocenters. The second-order valence-electron chi connectivity index (χ2n) is 3.70. The fourth-order valence-electron chi connectivity index (χ4n) is 1.20. The van der Waals surface area contributed by atoms with Gasteiger partial charge in [-0.05, 0) is 6.92 Å². The summed E-state index contributed by atoms with van der Waals surface area (Å²) in [6, 6.07) is 0.0426. The van der Waals surface area contributed by atoms with Crippen LogP contribution in [0.3, 0.4) is 0 Å². The van der Waals surface area contributed by atoms with Crippen molar-refractivity contribution < 1.29 is 14.3 Å². The van der Waals surface area contributed by atoms with Gasteiger partial charge in [0.05, 0.1) is 25.3 Å². The second-order valence-corrected chi connectivity index (χ2v) is 3.70. The van der Waals surface area contributed by atoms with Crippen LogP contribution in [0.1, 0.15) is 18.9 Å². The summed E-state index contributed by atoms with van der Waals surface area (Å²) in [5.41, 5.74) is 5.59. The van der Waals surface area contributed by atoms with Gasteiger partial charge < -0.3 is 24.9 Å². The van der Waals surface area contributed by atoms with Gasteiger partial charge in [0.15, 0.2) is 0 Å². The van der Waals surface area contributed by atoms with E-state index in [1.807, 2.05) is 0 Å². The maximum Gasteiger partial charge on any atom is 0.318 e. The molecule has 0 spiro atoms. The molecule has 0 saturated heterocycles. The van der Waals surface area contributed by atoms with E-state index in [9.17, 15) is 5.11 Å². The van der Waals surface area contributed by atoms with E-state index in [0.29, 0.717) is 18.5 Å². The Kier molecular flexibility index (Phi) is 4.66. The molecular weight excluding hydrogens is 212 g/mol. The molecule has 1 aromatic rings. The van der Waals surface area contributed by atoms with E-state index in [1.54, 1.807) is 18.9 Å². The number of methoxy groups -OCH3 is 1. The SMILES string of the molecule is COCC(O)CN(C)c1nnc(C(C)N)o1. The van der Waals surface area contributed by atoms with Gasteiger partial charge in [-0.15, -0.1) is 5.10 Å². The third kappa shape index (κ3) is 3.44. The van der Waals surface area contributed by atoms with Gasteiger partial charge in [0.1, 0.15) is 0 Å². The maximum atomic E-state index is 9.52. The third-order valence-electron chi connectivity index (χ3n) is 1.99. The largest absolute Gasteiger partial charge is 0.406 e. The number of ether oxygens (including phenoxy) is 1. The quantitative estimate of drug-likeness (QED) is 0.682. The molecular formula is C9H18N4O3. The van der Waals surface area contributed by atoms with Crippen LogP contribution in [0.2, 0.25) is 0 Å². The molecule has 7 nitrogen and oxygen atoms in total. The first-order chi connectivity index (χ1) is 7.54. The van der Waals surface area contributed by atoms with E-state index < -0.39 is 6.10 Å². The molecule has 3 N–H and O–H groups in total. The average molecular weight is 230 g/mol. The normalized spacial score (nSPS) is 14.8. The Bertz CT molecular complexity index is 315. The van der Waals surface area contributed by atoms with Gasteiger partial charge in [-0.25, -0.2) is 0 Å². The Morgan fingerprint density at radius 3 is 2.75 bits per heavy atom. The van der Waals surface area contributed by atoms with Crippen LogP contribution in [0.25, 0.3) is 0 Å². The number of aromatic nitrogens is 2.